The van der Waals surface area contributed by atoms with Crippen molar-refractivity contribution in [1.82, 2.24) is 0 Å². The Bertz CT molecular complexity index is 585. The van der Waals surface area contributed by atoms with Crippen molar-refractivity contribution in [1.29, 1.82) is 0 Å². The summed E-state index contributed by atoms with van der Waals surface area (Å²) in [5, 5.41) is 0. The van der Waals surface area contributed by atoms with Gasteiger partial charge < -0.3 is 9.47 Å². The Morgan fingerprint density at radius 3 is 2.27 bits per heavy atom. The van der Waals surface area contributed by atoms with Crippen LogP contribution in [0.15, 0.2) is 49.1 Å². The Balaban J connectivity index is 2.57. The molecule has 0 spiro atoms. The summed E-state index contributed by atoms with van der Waals surface area (Å²) in [6, 6.07) is 9.68. The van der Waals surface area contributed by atoms with Gasteiger partial charge in [0.15, 0.2) is 5.41 Å². The number of carbonyl (C=O) groups is 2. The number of ether oxygens (including phenoxy) is 2. The highest BCUT2D eigenvalue weighted by Gasteiger charge is 2.50. The second-order valence-corrected chi connectivity index (χ2v) is 5.39. The molecule has 116 valence electrons. The summed E-state index contributed by atoms with van der Waals surface area (Å²) < 4.78 is 9.75. The number of hydrogen-bond donors (Lipinski definition) is 0. The average Bonchev–Trinajstić information content (AvgIpc) is 2.60. The van der Waals surface area contributed by atoms with Crippen molar-refractivity contribution in [3.8, 4) is 0 Å². The van der Waals surface area contributed by atoms with Gasteiger partial charge in [0, 0.05) is 0 Å². The largest absolute Gasteiger partial charge is 0.468 e. The molecule has 0 saturated heterocycles. The molecule has 0 amide bonds. The molecule has 0 saturated carbocycles. The lowest BCUT2D eigenvalue weighted by molar-refractivity contribution is -0.166. The normalized spacial score (nSPS) is 19.7. The monoisotopic (exact) mass is 300 g/mol. The van der Waals surface area contributed by atoms with Gasteiger partial charge in [0.05, 0.1) is 14.2 Å². The summed E-state index contributed by atoms with van der Waals surface area (Å²) in [5.74, 6) is -1.20. The first-order chi connectivity index (χ1) is 10.6. The molecular weight excluding hydrogens is 280 g/mol. The topological polar surface area (TPSA) is 52.6 Å². The van der Waals surface area contributed by atoms with Crippen molar-refractivity contribution >= 4 is 17.5 Å². The SMILES string of the molecule is C=CC1CC(c2ccccc2)=CC(C(=O)OC)(C(=O)OC)C1. The highest BCUT2D eigenvalue weighted by molar-refractivity contribution is 6.04. The van der Waals surface area contributed by atoms with E-state index in [1.54, 1.807) is 12.2 Å². The van der Waals surface area contributed by atoms with Crippen LogP contribution in [0.1, 0.15) is 18.4 Å². The van der Waals surface area contributed by atoms with Crippen molar-refractivity contribution < 1.29 is 19.1 Å². The third-order valence-corrected chi connectivity index (χ3v) is 4.06. The highest BCUT2D eigenvalue weighted by Crippen LogP contribution is 2.43. The first-order valence-corrected chi connectivity index (χ1v) is 7.14. The predicted octanol–water partition coefficient (Wildman–Crippen LogP) is 3.00. The van der Waals surface area contributed by atoms with Crippen LogP contribution in [0.5, 0.6) is 0 Å². The minimum absolute atomic E-state index is 0.00148. The summed E-state index contributed by atoms with van der Waals surface area (Å²) in [7, 11) is 2.56. The van der Waals surface area contributed by atoms with E-state index in [4.69, 9.17) is 9.47 Å². The van der Waals surface area contributed by atoms with Crippen molar-refractivity contribution in [2.75, 3.05) is 14.2 Å². The zero-order valence-electron chi connectivity index (χ0n) is 12.9. The van der Waals surface area contributed by atoms with E-state index in [2.05, 4.69) is 6.58 Å². The zero-order chi connectivity index (χ0) is 16.2. The maximum Gasteiger partial charge on any atom is 0.327 e. The predicted molar refractivity (Wildman–Crippen MR) is 83.8 cm³/mol. The van der Waals surface area contributed by atoms with E-state index in [1.807, 2.05) is 30.3 Å². The second-order valence-electron chi connectivity index (χ2n) is 5.39. The van der Waals surface area contributed by atoms with Crippen LogP contribution in [0.2, 0.25) is 0 Å². The molecule has 2 rings (SSSR count). The molecule has 0 aliphatic heterocycles. The highest BCUT2D eigenvalue weighted by atomic mass is 16.5. The van der Waals surface area contributed by atoms with Crippen LogP contribution in [-0.4, -0.2) is 26.2 Å². The lowest BCUT2D eigenvalue weighted by atomic mass is 9.70. The van der Waals surface area contributed by atoms with Gasteiger partial charge in [0.2, 0.25) is 0 Å². The van der Waals surface area contributed by atoms with E-state index in [0.29, 0.717) is 6.42 Å². The lowest BCUT2D eigenvalue weighted by Gasteiger charge is -2.33. The Morgan fingerprint density at radius 2 is 1.77 bits per heavy atom. The molecule has 1 aliphatic carbocycles. The Kier molecular flexibility index (Phi) is 4.81. The van der Waals surface area contributed by atoms with Crippen molar-refractivity contribution in [2.45, 2.75) is 12.8 Å². The number of methoxy groups -OCH3 is 2. The summed E-state index contributed by atoms with van der Waals surface area (Å²) >= 11 is 0. The smallest absolute Gasteiger partial charge is 0.327 e. The standard InChI is InChI=1S/C18H20O4/c1-4-13-10-15(14-8-6-5-7-9-14)12-18(11-13,16(19)21-2)17(20)22-3/h4-9,12-13H,1,10-11H2,2-3H3. The molecule has 0 aromatic heterocycles. The molecule has 4 heteroatoms. The Hall–Kier alpha value is -2.36. The van der Waals surface area contributed by atoms with Crippen molar-refractivity contribution in [3.05, 3.63) is 54.6 Å². The fourth-order valence-electron chi connectivity index (χ4n) is 2.94. The van der Waals surface area contributed by atoms with Crippen LogP contribution < -0.4 is 0 Å². The van der Waals surface area contributed by atoms with Gasteiger partial charge in [-0.25, -0.2) is 0 Å². The number of esters is 2. The average molecular weight is 300 g/mol. The zero-order valence-corrected chi connectivity index (χ0v) is 12.9. The van der Waals surface area contributed by atoms with Gasteiger partial charge in [-0.15, -0.1) is 6.58 Å². The van der Waals surface area contributed by atoms with Gasteiger partial charge in [-0.3, -0.25) is 9.59 Å². The van der Waals surface area contributed by atoms with E-state index in [-0.39, 0.29) is 5.92 Å². The molecular formula is C18H20O4. The lowest BCUT2D eigenvalue weighted by Crippen LogP contribution is -2.43. The second kappa shape index (κ2) is 6.60. The fourth-order valence-corrected chi connectivity index (χ4v) is 2.94. The first-order valence-electron chi connectivity index (χ1n) is 7.14. The number of rotatable bonds is 4. The van der Waals surface area contributed by atoms with Gasteiger partial charge in [-0.2, -0.15) is 0 Å². The maximum atomic E-state index is 12.3. The molecule has 4 nitrogen and oxygen atoms in total. The molecule has 0 N–H and O–H groups in total. The summed E-state index contributed by atoms with van der Waals surface area (Å²) in [5.41, 5.74) is 0.491. The number of benzene rings is 1. The minimum Gasteiger partial charge on any atom is -0.468 e. The Morgan fingerprint density at radius 1 is 1.18 bits per heavy atom. The van der Waals surface area contributed by atoms with Crippen LogP contribution >= 0.6 is 0 Å². The Labute approximate surface area is 130 Å². The van der Waals surface area contributed by atoms with Crippen LogP contribution in [0.3, 0.4) is 0 Å². The molecule has 1 atom stereocenters. The molecule has 0 fully saturated rings. The van der Waals surface area contributed by atoms with Gasteiger partial charge in [-0.1, -0.05) is 42.5 Å². The number of allylic oxidation sites excluding steroid dienone is 2. The van der Waals surface area contributed by atoms with E-state index < -0.39 is 17.4 Å². The van der Waals surface area contributed by atoms with Crippen molar-refractivity contribution in [3.63, 3.8) is 0 Å². The molecule has 0 heterocycles. The molecule has 1 aliphatic rings. The third kappa shape index (κ3) is 2.82. The molecule has 0 radical (unpaired) electrons. The summed E-state index contributed by atoms with van der Waals surface area (Å²) in [4.78, 5) is 24.7. The summed E-state index contributed by atoms with van der Waals surface area (Å²) in [6.45, 7) is 3.82. The van der Waals surface area contributed by atoms with Gasteiger partial charge in [0.1, 0.15) is 0 Å². The van der Waals surface area contributed by atoms with Crippen LogP contribution in [0.25, 0.3) is 5.57 Å². The van der Waals surface area contributed by atoms with E-state index in [0.717, 1.165) is 17.6 Å². The molecule has 1 unspecified atom stereocenters. The molecule has 0 bridgehead atoms. The van der Waals surface area contributed by atoms with Crippen molar-refractivity contribution in [2.24, 2.45) is 11.3 Å². The fraction of sp³-hybridized carbons (Fsp3) is 0.333. The van der Waals surface area contributed by atoms with E-state index >= 15 is 0 Å². The summed E-state index contributed by atoms with van der Waals surface area (Å²) in [6.07, 6.45) is 4.51. The van der Waals surface area contributed by atoms with E-state index in [9.17, 15) is 9.59 Å². The number of hydrogen-bond acceptors (Lipinski definition) is 4. The molecule has 1 aromatic rings. The number of carbonyl (C=O) groups excluding carboxylic acids is 2. The minimum atomic E-state index is -1.41. The van der Waals surface area contributed by atoms with E-state index in [1.165, 1.54) is 14.2 Å². The van der Waals surface area contributed by atoms with Gasteiger partial charge in [0.25, 0.3) is 0 Å². The van der Waals surface area contributed by atoms with Gasteiger partial charge in [-0.05, 0) is 29.9 Å². The van der Waals surface area contributed by atoms with Gasteiger partial charge >= 0.3 is 11.9 Å². The quantitative estimate of drug-likeness (QED) is 0.487. The first kappa shape index (κ1) is 16.0. The van der Waals surface area contributed by atoms with Crippen LogP contribution in [0.4, 0.5) is 0 Å². The third-order valence-electron chi connectivity index (χ3n) is 4.06. The van der Waals surface area contributed by atoms with Crippen LogP contribution in [-0.2, 0) is 19.1 Å². The maximum absolute atomic E-state index is 12.3. The molecule has 22 heavy (non-hydrogen) atoms. The van der Waals surface area contributed by atoms with Crippen LogP contribution in [0, 0.1) is 11.3 Å². The molecule has 1 aromatic carbocycles.